The minimum atomic E-state index is -1.24. The van der Waals surface area contributed by atoms with Crippen molar-refractivity contribution in [1.82, 2.24) is 14.7 Å². The number of unbranched alkanes of at least 4 members (excludes halogenated alkanes) is 1. The van der Waals surface area contributed by atoms with Crippen LogP contribution in [-0.2, 0) is 4.79 Å². The Hall–Kier alpha value is -2.86. The highest BCUT2D eigenvalue weighted by Crippen LogP contribution is 2.27. The highest BCUT2D eigenvalue weighted by Gasteiger charge is 2.32. The van der Waals surface area contributed by atoms with Crippen molar-refractivity contribution in [2.24, 2.45) is 5.73 Å². The molecule has 0 aliphatic carbocycles. The van der Waals surface area contributed by atoms with Gasteiger partial charge in [-0.1, -0.05) is 56.2 Å². The molecule has 3 N–H and O–H groups in total. The van der Waals surface area contributed by atoms with Gasteiger partial charge >= 0.3 is 0 Å². The Morgan fingerprint density at radius 1 is 1.26 bits per heavy atom. The molecule has 6 nitrogen and oxygen atoms in total. The monoisotopic (exact) mass is 366 g/mol. The summed E-state index contributed by atoms with van der Waals surface area (Å²) >= 11 is 0. The lowest BCUT2D eigenvalue weighted by molar-refractivity contribution is -0.130. The zero-order valence-corrected chi connectivity index (χ0v) is 15.5. The first-order valence-electron chi connectivity index (χ1n) is 9.32. The lowest BCUT2D eigenvalue weighted by Gasteiger charge is -2.39. The molecule has 1 aromatic carbocycles. The number of nitrogens with zero attached hydrogens (tertiary/aromatic N) is 3. The van der Waals surface area contributed by atoms with Gasteiger partial charge in [-0.15, -0.1) is 0 Å². The van der Waals surface area contributed by atoms with Gasteiger partial charge in [-0.2, -0.15) is 5.10 Å². The Morgan fingerprint density at radius 2 is 2.04 bits per heavy atom. The van der Waals surface area contributed by atoms with Crippen LogP contribution < -0.4 is 5.73 Å². The molecule has 27 heavy (non-hydrogen) atoms. The van der Waals surface area contributed by atoms with Gasteiger partial charge in [0.05, 0.1) is 11.7 Å². The third-order valence-corrected chi connectivity index (χ3v) is 4.80. The number of hydrogen-bond acceptors (Lipinski definition) is 4. The molecule has 1 aliphatic rings. The average Bonchev–Trinajstić information content (AvgIpc) is 3.19. The molecule has 1 amide bonds. The number of nitrogens with two attached hydrogens (primary N) is 1. The van der Waals surface area contributed by atoms with Gasteiger partial charge in [-0.3, -0.25) is 4.79 Å². The highest BCUT2D eigenvalue weighted by atomic mass is 16.3. The van der Waals surface area contributed by atoms with Crippen molar-refractivity contribution in [2.75, 3.05) is 0 Å². The van der Waals surface area contributed by atoms with Gasteiger partial charge in [0, 0.05) is 18.0 Å². The van der Waals surface area contributed by atoms with Gasteiger partial charge in [0.1, 0.15) is 6.17 Å². The molecule has 6 heteroatoms. The first-order valence-corrected chi connectivity index (χ1v) is 9.32. The number of allylic oxidation sites excluding steroid dienone is 2. The van der Waals surface area contributed by atoms with Gasteiger partial charge in [-0.05, 0) is 24.6 Å². The van der Waals surface area contributed by atoms with Gasteiger partial charge < -0.3 is 15.7 Å². The molecule has 3 unspecified atom stereocenters. The van der Waals surface area contributed by atoms with Crippen molar-refractivity contribution in [3.63, 3.8) is 0 Å². The molecule has 3 rings (SSSR count). The van der Waals surface area contributed by atoms with Gasteiger partial charge in [0.2, 0.25) is 5.91 Å². The first kappa shape index (κ1) is 18.9. The average molecular weight is 366 g/mol. The first-order chi connectivity index (χ1) is 13.1. The van der Waals surface area contributed by atoms with Crippen molar-refractivity contribution in [2.45, 2.75) is 44.5 Å². The minimum Gasteiger partial charge on any atom is -0.381 e. The summed E-state index contributed by atoms with van der Waals surface area (Å²) in [5.74, 6) is -0.705. The summed E-state index contributed by atoms with van der Waals surface area (Å²) in [6, 6.07) is 11.5. The van der Waals surface area contributed by atoms with Gasteiger partial charge in [0.15, 0.2) is 6.10 Å². The van der Waals surface area contributed by atoms with E-state index in [9.17, 15) is 9.90 Å². The van der Waals surface area contributed by atoms with Gasteiger partial charge in [0.25, 0.3) is 0 Å². The number of carbonyl (C=O) groups excluding carboxylic acids is 1. The van der Waals surface area contributed by atoms with Crippen LogP contribution in [0, 0.1) is 0 Å². The van der Waals surface area contributed by atoms with Gasteiger partial charge in [-0.25, -0.2) is 4.68 Å². The van der Waals surface area contributed by atoms with Crippen molar-refractivity contribution >= 4 is 5.91 Å². The summed E-state index contributed by atoms with van der Waals surface area (Å²) in [4.78, 5) is 13.6. The quantitative estimate of drug-likeness (QED) is 0.752. The van der Waals surface area contributed by atoms with E-state index >= 15 is 0 Å². The minimum absolute atomic E-state index is 0.233. The third kappa shape index (κ3) is 4.28. The Bertz CT molecular complexity index is 813. The molecule has 0 spiro atoms. The van der Waals surface area contributed by atoms with Crippen LogP contribution in [0.25, 0.3) is 11.3 Å². The molecule has 142 valence electrons. The standard InChI is InChI=1S/C21H26N4O2/c1-2-3-11-18(20(26)21(22)27)24-14-8-7-12-19(24)25-15-13-17(23-25)16-9-5-4-6-10-16/h4-10,12-15,18-20,26H,2-3,11H2,1H3,(H2,22,27). The van der Waals surface area contributed by atoms with E-state index in [0.717, 1.165) is 24.1 Å². The van der Waals surface area contributed by atoms with E-state index in [0.29, 0.717) is 6.42 Å². The molecular weight excluding hydrogens is 340 g/mol. The predicted octanol–water partition coefficient (Wildman–Crippen LogP) is 2.84. The number of carbonyl (C=O) groups is 1. The number of rotatable bonds is 8. The van der Waals surface area contributed by atoms with E-state index < -0.39 is 18.1 Å². The van der Waals surface area contributed by atoms with E-state index in [1.165, 1.54) is 0 Å². The molecule has 1 aliphatic heterocycles. The summed E-state index contributed by atoms with van der Waals surface area (Å²) in [7, 11) is 0. The molecule has 0 radical (unpaired) electrons. The smallest absolute Gasteiger partial charge is 0.248 e. The summed E-state index contributed by atoms with van der Waals surface area (Å²) in [6.07, 6.45) is 10.7. The van der Waals surface area contributed by atoms with Crippen LogP contribution in [-0.4, -0.2) is 37.8 Å². The summed E-state index contributed by atoms with van der Waals surface area (Å²) in [6.45, 7) is 2.08. The highest BCUT2D eigenvalue weighted by molar-refractivity contribution is 5.79. The second-order valence-electron chi connectivity index (χ2n) is 6.69. The zero-order valence-electron chi connectivity index (χ0n) is 15.5. The molecule has 0 saturated carbocycles. The predicted molar refractivity (Wildman–Crippen MR) is 105 cm³/mol. The Kier molecular flexibility index (Phi) is 6.08. The number of amides is 1. The molecule has 0 fully saturated rings. The second kappa shape index (κ2) is 8.68. The second-order valence-corrected chi connectivity index (χ2v) is 6.69. The van der Waals surface area contributed by atoms with Crippen molar-refractivity contribution < 1.29 is 9.90 Å². The van der Waals surface area contributed by atoms with E-state index in [1.807, 2.05) is 76.6 Å². The maximum Gasteiger partial charge on any atom is 0.248 e. The molecule has 3 atom stereocenters. The Balaban J connectivity index is 1.89. The maximum absolute atomic E-state index is 11.7. The van der Waals surface area contributed by atoms with Crippen molar-refractivity contribution in [1.29, 1.82) is 0 Å². The topological polar surface area (TPSA) is 84.4 Å². The molecule has 0 saturated heterocycles. The van der Waals surface area contributed by atoms with Crippen molar-refractivity contribution in [3.8, 4) is 11.3 Å². The van der Waals surface area contributed by atoms with E-state index in [4.69, 9.17) is 10.8 Å². The molecule has 2 heterocycles. The molecule has 2 aromatic rings. The van der Waals surface area contributed by atoms with E-state index in [1.54, 1.807) is 0 Å². The Morgan fingerprint density at radius 3 is 2.74 bits per heavy atom. The van der Waals surface area contributed by atoms with Crippen LogP contribution in [0.2, 0.25) is 0 Å². The normalized spacial score (nSPS) is 18.4. The van der Waals surface area contributed by atoms with Crippen molar-refractivity contribution in [3.05, 3.63) is 67.0 Å². The lowest BCUT2D eigenvalue weighted by atomic mass is 10.0. The fraction of sp³-hybridized carbons (Fsp3) is 0.333. The number of aliphatic hydroxyl groups is 1. The number of aromatic nitrogens is 2. The SMILES string of the molecule is CCCCC(C(O)C(N)=O)N1C=CC=CC1n1ccc(-c2ccccc2)n1. The van der Waals surface area contributed by atoms with E-state index in [2.05, 4.69) is 6.92 Å². The number of primary amides is 1. The molecule has 0 bridgehead atoms. The van der Waals surface area contributed by atoms with E-state index in [-0.39, 0.29) is 6.17 Å². The third-order valence-electron chi connectivity index (χ3n) is 4.80. The number of aliphatic hydroxyl groups excluding tert-OH is 1. The maximum atomic E-state index is 11.7. The fourth-order valence-corrected chi connectivity index (χ4v) is 3.35. The summed E-state index contributed by atoms with van der Waals surface area (Å²) in [5, 5.41) is 15.1. The molecule has 1 aromatic heterocycles. The fourth-order valence-electron chi connectivity index (χ4n) is 3.35. The number of hydrogen-bond donors (Lipinski definition) is 2. The summed E-state index contributed by atoms with van der Waals surface area (Å²) < 4.78 is 1.84. The van der Waals surface area contributed by atoms with Crippen LogP contribution in [0.15, 0.2) is 67.0 Å². The van der Waals surface area contributed by atoms with Crippen LogP contribution >= 0.6 is 0 Å². The molecular formula is C21H26N4O2. The zero-order chi connectivity index (χ0) is 19.2. The Labute approximate surface area is 159 Å². The lowest BCUT2D eigenvalue weighted by Crippen LogP contribution is -2.49. The van der Waals surface area contributed by atoms with Crippen LogP contribution in [0.4, 0.5) is 0 Å². The van der Waals surface area contributed by atoms with Crippen LogP contribution in [0.3, 0.4) is 0 Å². The summed E-state index contributed by atoms with van der Waals surface area (Å²) in [5.41, 5.74) is 7.31. The largest absolute Gasteiger partial charge is 0.381 e. The van der Waals surface area contributed by atoms with Crippen LogP contribution in [0.1, 0.15) is 32.4 Å². The number of benzene rings is 1. The van der Waals surface area contributed by atoms with Crippen LogP contribution in [0.5, 0.6) is 0 Å².